The van der Waals surface area contributed by atoms with E-state index in [4.69, 9.17) is 27.9 Å². The Bertz CT molecular complexity index is 1400. The lowest BCUT2D eigenvalue weighted by molar-refractivity contribution is -0.139. The first-order valence-corrected chi connectivity index (χ1v) is 15.6. The van der Waals surface area contributed by atoms with Gasteiger partial charge in [-0.3, -0.25) is 13.9 Å². The molecule has 8 nitrogen and oxygen atoms in total. The number of benzene rings is 3. The number of hydrogen-bond donors (Lipinski definition) is 1. The fourth-order valence-electron chi connectivity index (χ4n) is 4.04. The molecular weight excluding hydrogens is 585 g/mol. The van der Waals surface area contributed by atoms with Gasteiger partial charge < -0.3 is 15.0 Å². The van der Waals surface area contributed by atoms with Gasteiger partial charge in [0.15, 0.2) is 0 Å². The molecule has 0 aliphatic heterocycles. The molecule has 3 rings (SSSR count). The van der Waals surface area contributed by atoms with Gasteiger partial charge in [0.2, 0.25) is 11.8 Å². The van der Waals surface area contributed by atoms with Crippen LogP contribution in [0.25, 0.3) is 0 Å². The van der Waals surface area contributed by atoms with Gasteiger partial charge in [0.05, 0.1) is 17.2 Å². The van der Waals surface area contributed by atoms with Gasteiger partial charge in [-0.25, -0.2) is 8.42 Å². The lowest BCUT2D eigenvalue weighted by Crippen LogP contribution is -2.51. The Kier molecular flexibility index (Phi) is 11.9. The van der Waals surface area contributed by atoms with Crippen LogP contribution in [0.1, 0.15) is 39.2 Å². The Hall–Kier alpha value is -3.27. The molecule has 3 aromatic rings. The van der Waals surface area contributed by atoms with Crippen LogP contribution in [-0.4, -0.2) is 50.9 Å². The van der Waals surface area contributed by atoms with Crippen molar-refractivity contribution < 1.29 is 22.7 Å². The number of nitrogens with zero attached hydrogens (tertiary/aromatic N) is 2. The number of hydrogen-bond acceptors (Lipinski definition) is 5. The molecule has 0 saturated carbocycles. The van der Waals surface area contributed by atoms with E-state index in [2.05, 4.69) is 5.32 Å². The van der Waals surface area contributed by atoms with Crippen LogP contribution in [0.15, 0.2) is 77.7 Å². The minimum absolute atomic E-state index is 0.0295. The number of sulfonamides is 1. The van der Waals surface area contributed by atoms with E-state index in [0.29, 0.717) is 28.9 Å². The Morgan fingerprint density at radius 1 is 0.902 bits per heavy atom. The van der Waals surface area contributed by atoms with Gasteiger partial charge in [-0.05, 0) is 86.5 Å². The molecule has 0 aliphatic rings. The Morgan fingerprint density at radius 3 is 2.05 bits per heavy atom. The molecule has 0 heterocycles. The number of rotatable bonds is 14. The maximum atomic E-state index is 13.9. The topological polar surface area (TPSA) is 96.0 Å². The molecule has 220 valence electrons. The fraction of sp³-hybridized carbons (Fsp3) is 0.333. The molecule has 2 amide bonds. The van der Waals surface area contributed by atoms with Crippen LogP contribution < -0.4 is 14.4 Å². The standard InChI is InChI=1S/C30H35Cl2N3O5S/c1-4-6-19-33-30(37)22(3)34(20-23-7-9-24(31)10-8-23)29(36)21-35(26-13-15-27(16-14-26)40-5-2)41(38,39)28-17-11-25(32)12-18-28/h7-18,22H,4-6,19-21H2,1-3H3,(H,33,37)/t22-/m1/s1. The highest BCUT2D eigenvalue weighted by molar-refractivity contribution is 7.92. The summed E-state index contributed by atoms with van der Waals surface area (Å²) in [7, 11) is -4.20. The summed E-state index contributed by atoms with van der Waals surface area (Å²) in [5.74, 6) is -0.313. The average Bonchev–Trinajstić information content (AvgIpc) is 2.96. The lowest BCUT2D eigenvalue weighted by atomic mass is 10.1. The monoisotopic (exact) mass is 619 g/mol. The first kappa shape index (κ1) is 32.2. The second-order valence-electron chi connectivity index (χ2n) is 9.36. The smallest absolute Gasteiger partial charge is 0.264 e. The highest BCUT2D eigenvalue weighted by Crippen LogP contribution is 2.27. The van der Waals surface area contributed by atoms with Crippen LogP contribution in [-0.2, 0) is 26.2 Å². The third-order valence-electron chi connectivity index (χ3n) is 6.38. The van der Waals surface area contributed by atoms with E-state index < -0.39 is 28.5 Å². The van der Waals surface area contributed by atoms with E-state index in [1.54, 1.807) is 55.5 Å². The van der Waals surface area contributed by atoms with Crippen molar-refractivity contribution >= 4 is 50.7 Å². The summed E-state index contributed by atoms with van der Waals surface area (Å²) >= 11 is 12.0. The number of ether oxygens (including phenoxy) is 1. The van der Waals surface area contributed by atoms with Gasteiger partial charge in [-0.2, -0.15) is 0 Å². The minimum atomic E-state index is -4.20. The molecule has 0 bridgehead atoms. The van der Waals surface area contributed by atoms with Crippen LogP contribution in [0.4, 0.5) is 5.69 Å². The van der Waals surface area contributed by atoms with Crippen molar-refractivity contribution in [3.63, 3.8) is 0 Å². The first-order chi connectivity index (χ1) is 19.6. The number of nitrogens with one attached hydrogen (secondary N) is 1. The maximum absolute atomic E-state index is 13.9. The largest absolute Gasteiger partial charge is 0.494 e. The summed E-state index contributed by atoms with van der Waals surface area (Å²) in [6, 6.07) is 18.2. The van der Waals surface area contributed by atoms with Crippen LogP contribution in [0.5, 0.6) is 5.75 Å². The zero-order chi connectivity index (χ0) is 30.0. The summed E-state index contributed by atoms with van der Waals surface area (Å²) < 4.78 is 34.3. The molecule has 11 heteroatoms. The van der Waals surface area contributed by atoms with Crippen LogP contribution in [0.2, 0.25) is 10.0 Å². The van der Waals surface area contributed by atoms with Crippen LogP contribution >= 0.6 is 23.2 Å². The molecular formula is C30H35Cl2N3O5S. The van der Waals surface area contributed by atoms with Crippen LogP contribution in [0.3, 0.4) is 0 Å². The number of amides is 2. The molecule has 1 N–H and O–H groups in total. The first-order valence-electron chi connectivity index (χ1n) is 13.4. The third-order valence-corrected chi connectivity index (χ3v) is 8.67. The summed E-state index contributed by atoms with van der Waals surface area (Å²) in [6.45, 7) is 5.95. The summed E-state index contributed by atoms with van der Waals surface area (Å²) in [5, 5.41) is 3.78. The van der Waals surface area contributed by atoms with Crippen molar-refractivity contribution in [1.82, 2.24) is 10.2 Å². The molecule has 0 aromatic heterocycles. The Labute approximate surface area is 252 Å². The van der Waals surface area contributed by atoms with Crippen molar-refractivity contribution in [3.8, 4) is 5.75 Å². The number of halogens is 2. The van der Waals surface area contributed by atoms with E-state index in [-0.39, 0.29) is 23.0 Å². The molecule has 0 spiro atoms. The van der Waals surface area contributed by atoms with E-state index in [9.17, 15) is 18.0 Å². The van der Waals surface area contributed by atoms with Crippen molar-refractivity contribution in [3.05, 3.63) is 88.4 Å². The molecule has 0 fully saturated rings. The maximum Gasteiger partial charge on any atom is 0.264 e. The van der Waals surface area contributed by atoms with E-state index in [1.807, 2.05) is 13.8 Å². The normalized spacial score (nSPS) is 11.9. The summed E-state index contributed by atoms with van der Waals surface area (Å²) in [4.78, 5) is 28.3. The van der Waals surface area contributed by atoms with Crippen LogP contribution in [0, 0.1) is 0 Å². The average molecular weight is 621 g/mol. The summed E-state index contributed by atoms with van der Waals surface area (Å²) in [6.07, 6.45) is 1.70. The quantitative estimate of drug-likeness (QED) is 0.226. The molecule has 1 atom stereocenters. The van der Waals surface area contributed by atoms with E-state index in [0.717, 1.165) is 22.7 Å². The molecule has 0 aliphatic carbocycles. The highest BCUT2D eigenvalue weighted by atomic mass is 35.5. The number of anilines is 1. The van der Waals surface area contributed by atoms with Gasteiger partial charge in [-0.1, -0.05) is 48.7 Å². The second kappa shape index (κ2) is 15.1. The third kappa shape index (κ3) is 8.86. The SMILES string of the molecule is CCCCNC(=O)[C@@H](C)N(Cc1ccc(Cl)cc1)C(=O)CN(c1ccc(OCC)cc1)S(=O)(=O)c1ccc(Cl)cc1. The van der Waals surface area contributed by atoms with Crippen molar-refractivity contribution in [2.75, 3.05) is 24.0 Å². The second-order valence-corrected chi connectivity index (χ2v) is 12.1. The van der Waals surface area contributed by atoms with E-state index >= 15 is 0 Å². The predicted octanol–water partition coefficient (Wildman–Crippen LogP) is 5.92. The molecule has 0 unspecified atom stereocenters. The molecule has 41 heavy (non-hydrogen) atoms. The number of unbranched alkanes of at least 4 members (excludes halogenated alkanes) is 1. The van der Waals surface area contributed by atoms with Gasteiger partial charge >= 0.3 is 0 Å². The Balaban J connectivity index is 2.00. The summed E-state index contributed by atoms with van der Waals surface area (Å²) in [5.41, 5.74) is 1.01. The van der Waals surface area contributed by atoms with Gasteiger partial charge in [0.25, 0.3) is 10.0 Å². The zero-order valence-corrected chi connectivity index (χ0v) is 25.7. The molecule has 0 saturated heterocycles. The fourth-order valence-corrected chi connectivity index (χ4v) is 5.71. The van der Waals surface area contributed by atoms with Crippen molar-refractivity contribution in [2.45, 2.75) is 51.1 Å². The van der Waals surface area contributed by atoms with E-state index in [1.165, 1.54) is 29.2 Å². The van der Waals surface area contributed by atoms with Crippen molar-refractivity contribution in [2.24, 2.45) is 0 Å². The van der Waals surface area contributed by atoms with Gasteiger partial charge in [0, 0.05) is 23.1 Å². The predicted molar refractivity (Wildman–Crippen MR) is 163 cm³/mol. The minimum Gasteiger partial charge on any atom is -0.494 e. The zero-order valence-electron chi connectivity index (χ0n) is 23.3. The van der Waals surface area contributed by atoms with Gasteiger partial charge in [-0.15, -0.1) is 0 Å². The molecule has 0 radical (unpaired) electrons. The molecule has 3 aromatic carbocycles. The lowest BCUT2D eigenvalue weighted by Gasteiger charge is -2.32. The highest BCUT2D eigenvalue weighted by Gasteiger charge is 2.32. The Morgan fingerprint density at radius 2 is 1.49 bits per heavy atom. The number of carbonyl (C=O) groups excluding carboxylic acids is 2. The number of carbonyl (C=O) groups is 2. The van der Waals surface area contributed by atoms with Crippen molar-refractivity contribution in [1.29, 1.82) is 0 Å². The van der Waals surface area contributed by atoms with Gasteiger partial charge in [0.1, 0.15) is 18.3 Å².